The third-order valence-electron chi connectivity index (χ3n) is 3.80. The molecule has 0 bridgehead atoms. The van der Waals surface area contributed by atoms with Crippen molar-refractivity contribution in [2.45, 2.75) is 33.1 Å². The highest BCUT2D eigenvalue weighted by molar-refractivity contribution is 6.29. The molecule has 0 radical (unpaired) electrons. The van der Waals surface area contributed by atoms with Crippen LogP contribution in [0.4, 0.5) is 0 Å². The molecule has 2 heterocycles. The Kier molecular flexibility index (Phi) is 7.06. The van der Waals surface area contributed by atoms with E-state index in [0.717, 1.165) is 55.3 Å². The summed E-state index contributed by atoms with van der Waals surface area (Å²) in [7, 11) is 1.77. The lowest BCUT2D eigenvalue weighted by atomic mass is 10.1. The normalized spacial score (nSPS) is 11.6. The highest BCUT2D eigenvalue weighted by Gasteiger charge is 2.08. The molecule has 130 valence electrons. The number of aliphatic imine (C=N–C) groups is 1. The Hall–Kier alpha value is -2.08. The fourth-order valence-electron chi connectivity index (χ4n) is 2.43. The summed E-state index contributed by atoms with van der Waals surface area (Å²) >= 11 is 5.78. The minimum atomic E-state index is 0.516. The Morgan fingerprint density at radius 2 is 2.00 bits per heavy atom. The molecule has 0 unspecified atom stereocenters. The van der Waals surface area contributed by atoms with Gasteiger partial charge in [-0.05, 0) is 44.7 Å². The Morgan fingerprint density at radius 1 is 1.21 bits per heavy atom. The zero-order valence-electron chi connectivity index (χ0n) is 14.4. The van der Waals surface area contributed by atoms with E-state index < -0.39 is 0 Å². The van der Waals surface area contributed by atoms with E-state index in [2.05, 4.69) is 25.8 Å². The van der Waals surface area contributed by atoms with Gasteiger partial charge in [-0.15, -0.1) is 0 Å². The van der Waals surface area contributed by atoms with Crippen molar-refractivity contribution < 1.29 is 4.52 Å². The van der Waals surface area contributed by atoms with Gasteiger partial charge in [0.05, 0.1) is 5.69 Å². The van der Waals surface area contributed by atoms with Gasteiger partial charge in [0.25, 0.3) is 0 Å². The van der Waals surface area contributed by atoms with Gasteiger partial charge >= 0.3 is 0 Å². The largest absolute Gasteiger partial charge is 0.361 e. The molecule has 24 heavy (non-hydrogen) atoms. The summed E-state index contributed by atoms with van der Waals surface area (Å²) in [6.45, 7) is 5.55. The molecule has 2 rings (SSSR count). The van der Waals surface area contributed by atoms with Crippen LogP contribution >= 0.6 is 11.6 Å². The fraction of sp³-hybridized carbons (Fsp3) is 0.471. The van der Waals surface area contributed by atoms with Crippen LogP contribution < -0.4 is 10.6 Å². The van der Waals surface area contributed by atoms with Gasteiger partial charge in [-0.1, -0.05) is 22.8 Å². The topological polar surface area (TPSA) is 75.3 Å². The van der Waals surface area contributed by atoms with E-state index in [4.69, 9.17) is 16.1 Å². The van der Waals surface area contributed by atoms with E-state index in [1.165, 1.54) is 5.56 Å². The molecule has 2 N–H and O–H groups in total. The van der Waals surface area contributed by atoms with E-state index in [1.807, 2.05) is 19.9 Å². The molecule has 2 aromatic rings. The number of pyridine rings is 1. The molecule has 0 saturated heterocycles. The third-order valence-corrected chi connectivity index (χ3v) is 4.02. The second kappa shape index (κ2) is 9.27. The molecule has 2 aromatic heterocycles. The molecule has 0 saturated carbocycles. The minimum absolute atomic E-state index is 0.516. The Balaban J connectivity index is 1.66. The first-order chi connectivity index (χ1) is 11.6. The van der Waals surface area contributed by atoms with Gasteiger partial charge in [0, 0.05) is 31.9 Å². The highest BCUT2D eigenvalue weighted by Crippen LogP contribution is 2.13. The van der Waals surface area contributed by atoms with Crippen molar-refractivity contribution in [1.82, 2.24) is 20.8 Å². The van der Waals surface area contributed by atoms with E-state index in [9.17, 15) is 0 Å². The van der Waals surface area contributed by atoms with Gasteiger partial charge in [-0.2, -0.15) is 0 Å². The molecule has 0 aliphatic heterocycles. The zero-order chi connectivity index (χ0) is 17.4. The minimum Gasteiger partial charge on any atom is -0.361 e. The second-order valence-electron chi connectivity index (χ2n) is 5.57. The van der Waals surface area contributed by atoms with E-state index >= 15 is 0 Å². The van der Waals surface area contributed by atoms with Crippen molar-refractivity contribution >= 4 is 17.6 Å². The monoisotopic (exact) mass is 349 g/mol. The number of rotatable bonds is 7. The van der Waals surface area contributed by atoms with Gasteiger partial charge < -0.3 is 15.2 Å². The molecule has 7 heteroatoms. The first-order valence-corrected chi connectivity index (χ1v) is 8.44. The van der Waals surface area contributed by atoms with Crippen molar-refractivity contribution in [3.05, 3.63) is 46.1 Å². The van der Waals surface area contributed by atoms with Gasteiger partial charge in [-0.25, -0.2) is 4.98 Å². The summed E-state index contributed by atoms with van der Waals surface area (Å²) in [6, 6.07) is 3.79. The average molecular weight is 350 g/mol. The standard InChI is InChI=1S/C17H24ClN5O/c1-12-15(13(2)24-23-12)5-4-9-20-17(19-3)21-10-8-14-6-7-16(18)22-11-14/h6-7,11H,4-5,8-10H2,1-3H3,(H2,19,20,21). The summed E-state index contributed by atoms with van der Waals surface area (Å²) < 4.78 is 5.18. The molecule has 0 spiro atoms. The molecule has 0 amide bonds. The summed E-state index contributed by atoms with van der Waals surface area (Å²) in [4.78, 5) is 8.31. The lowest BCUT2D eigenvalue weighted by Crippen LogP contribution is -2.38. The Bertz CT molecular complexity index is 647. The maximum Gasteiger partial charge on any atom is 0.190 e. The first kappa shape index (κ1) is 18.3. The van der Waals surface area contributed by atoms with Crippen LogP contribution in [0.15, 0.2) is 27.8 Å². The smallest absolute Gasteiger partial charge is 0.190 e. The Morgan fingerprint density at radius 3 is 2.62 bits per heavy atom. The molecule has 0 fully saturated rings. The summed E-state index contributed by atoms with van der Waals surface area (Å²) in [5.74, 6) is 1.71. The highest BCUT2D eigenvalue weighted by atomic mass is 35.5. The maximum absolute atomic E-state index is 5.78. The quantitative estimate of drug-likeness (QED) is 0.348. The SMILES string of the molecule is CN=C(NCCCc1c(C)noc1C)NCCc1ccc(Cl)nc1. The second-order valence-corrected chi connectivity index (χ2v) is 5.96. The summed E-state index contributed by atoms with van der Waals surface area (Å²) in [5, 5.41) is 11.1. The van der Waals surface area contributed by atoms with E-state index in [1.54, 1.807) is 19.3 Å². The zero-order valence-corrected chi connectivity index (χ0v) is 15.2. The lowest BCUT2D eigenvalue weighted by Gasteiger charge is -2.11. The fourth-order valence-corrected chi connectivity index (χ4v) is 2.54. The van der Waals surface area contributed by atoms with Crippen LogP contribution in [-0.2, 0) is 12.8 Å². The number of guanidine groups is 1. The van der Waals surface area contributed by atoms with Crippen molar-refractivity contribution in [2.24, 2.45) is 4.99 Å². The molecular weight excluding hydrogens is 326 g/mol. The molecular formula is C17H24ClN5O. The molecule has 0 aliphatic rings. The molecule has 6 nitrogen and oxygen atoms in total. The molecule has 0 aliphatic carbocycles. The predicted octanol–water partition coefficient (Wildman–Crippen LogP) is 2.68. The van der Waals surface area contributed by atoms with E-state index in [0.29, 0.717) is 5.15 Å². The molecule has 0 aromatic carbocycles. The van der Waals surface area contributed by atoms with Crippen LogP contribution in [0.25, 0.3) is 0 Å². The van der Waals surface area contributed by atoms with Gasteiger partial charge in [0.1, 0.15) is 10.9 Å². The third kappa shape index (κ3) is 5.53. The van der Waals surface area contributed by atoms with Crippen LogP contribution in [0.1, 0.15) is 29.0 Å². The number of nitrogens with one attached hydrogen (secondary N) is 2. The predicted molar refractivity (Wildman–Crippen MR) is 96.6 cm³/mol. The lowest BCUT2D eigenvalue weighted by molar-refractivity contribution is 0.392. The van der Waals surface area contributed by atoms with Crippen molar-refractivity contribution in [3.8, 4) is 0 Å². The van der Waals surface area contributed by atoms with Crippen LogP contribution in [0, 0.1) is 13.8 Å². The van der Waals surface area contributed by atoms with Gasteiger partial charge in [0.15, 0.2) is 5.96 Å². The summed E-state index contributed by atoms with van der Waals surface area (Å²) in [6.07, 6.45) is 4.60. The number of hydrogen-bond donors (Lipinski definition) is 2. The van der Waals surface area contributed by atoms with Crippen LogP contribution in [-0.4, -0.2) is 36.2 Å². The number of hydrogen-bond acceptors (Lipinski definition) is 4. The van der Waals surface area contributed by atoms with Gasteiger partial charge in [-0.3, -0.25) is 4.99 Å². The van der Waals surface area contributed by atoms with Gasteiger partial charge in [0.2, 0.25) is 0 Å². The number of aryl methyl sites for hydroxylation is 2. The Labute approximate surface area is 147 Å². The molecule has 0 atom stereocenters. The number of nitrogens with zero attached hydrogens (tertiary/aromatic N) is 3. The van der Waals surface area contributed by atoms with Crippen molar-refractivity contribution in [3.63, 3.8) is 0 Å². The van der Waals surface area contributed by atoms with Crippen LogP contribution in [0.5, 0.6) is 0 Å². The maximum atomic E-state index is 5.78. The summed E-state index contributed by atoms with van der Waals surface area (Å²) in [5.41, 5.74) is 3.32. The average Bonchev–Trinajstić information content (AvgIpc) is 2.90. The van der Waals surface area contributed by atoms with E-state index in [-0.39, 0.29) is 0 Å². The van der Waals surface area contributed by atoms with Crippen molar-refractivity contribution in [2.75, 3.05) is 20.1 Å². The number of halogens is 1. The number of aromatic nitrogens is 2. The van der Waals surface area contributed by atoms with Crippen molar-refractivity contribution in [1.29, 1.82) is 0 Å². The first-order valence-electron chi connectivity index (χ1n) is 8.07. The van der Waals surface area contributed by atoms with Crippen LogP contribution in [0.3, 0.4) is 0 Å². The van der Waals surface area contributed by atoms with Crippen LogP contribution in [0.2, 0.25) is 5.15 Å².